The van der Waals surface area contributed by atoms with Crippen molar-refractivity contribution >= 4 is 66.8 Å². The molecular formula is C52H38N2. The Morgan fingerprint density at radius 2 is 0.815 bits per heavy atom. The molecule has 0 spiro atoms. The molecule has 0 N–H and O–H groups in total. The van der Waals surface area contributed by atoms with E-state index in [0.29, 0.717) is 0 Å². The lowest BCUT2D eigenvalue weighted by Gasteiger charge is -2.37. The second-order valence-corrected chi connectivity index (χ2v) is 14.1. The number of nitrogens with zero attached hydrogens (tertiary/aromatic N) is 2. The number of anilines is 5. The molecule has 10 rings (SSSR count). The second-order valence-electron chi connectivity index (χ2n) is 14.1. The van der Waals surface area contributed by atoms with E-state index in [0.717, 1.165) is 23.5 Å². The van der Waals surface area contributed by atoms with E-state index in [1.807, 2.05) is 0 Å². The molecule has 2 heteroatoms. The van der Waals surface area contributed by atoms with E-state index in [9.17, 15) is 0 Å². The van der Waals surface area contributed by atoms with Gasteiger partial charge in [-0.2, -0.15) is 0 Å². The Labute approximate surface area is 316 Å². The molecule has 0 heterocycles. The summed E-state index contributed by atoms with van der Waals surface area (Å²) in [5.74, 6) is 0. The number of hydrogen-bond donors (Lipinski definition) is 0. The zero-order valence-electron chi connectivity index (χ0n) is 29.9. The molecule has 0 saturated carbocycles. The van der Waals surface area contributed by atoms with E-state index < -0.39 is 0 Å². The third kappa shape index (κ3) is 5.60. The molecule has 0 aliphatic heterocycles. The Kier molecular flexibility index (Phi) is 8.00. The Bertz CT molecular complexity index is 2720. The van der Waals surface area contributed by atoms with Crippen molar-refractivity contribution in [3.05, 3.63) is 217 Å². The Morgan fingerprint density at radius 3 is 1.39 bits per heavy atom. The van der Waals surface area contributed by atoms with Gasteiger partial charge in [0.2, 0.25) is 0 Å². The Balaban J connectivity index is 1.05. The maximum absolute atomic E-state index is 2.55. The van der Waals surface area contributed by atoms with E-state index in [4.69, 9.17) is 0 Å². The van der Waals surface area contributed by atoms with Gasteiger partial charge in [-0.25, -0.2) is 0 Å². The highest BCUT2D eigenvalue weighted by Crippen LogP contribution is 2.45. The van der Waals surface area contributed by atoms with Gasteiger partial charge in [0.15, 0.2) is 0 Å². The molecular weight excluding hydrogens is 653 g/mol. The van der Waals surface area contributed by atoms with Crippen LogP contribution in [-0.2, 0) is 0 Å². The van der Waals surface area contributed by atoms with Crippen molar-refractivity contribution in [1.82, 2.24) is 0 Å². The van der Waals surface area contributed by atoms with Gasteiger partial charge < -0.3 is 9.80 Å². The summed E-state index contributed by atoms with van der Waals surface area (Å²) >= 11 is 0. The van der Waals surface area contributed by atoms with Crippen molar-refractivity contribution in [1.29, 1.82) is 0 Å². The zero-order chi connectivity index (χ0) is 35.8. The summed E-state index contributed by atoms with van der Waals surface area (Å²) in [7, 11) is 0. The molecule has 54 heavy (non-hydrogen) atoms. The predicted octanol–water partition coefficient (Wildman–Crippen LogP) is 14.6. The monoisotopic (exact) mass is 690 g/mol. The van der Waals surface area contributed by atoms with Crippen molar-refractivity contribution in [2.45, 2.75) is 12.5 Å². The highest BCUT2D eigenvalue weighted by Gasteiger charge is 2.27. The first kappa shape index (κ1) is 31.8. The van der Waals surface area contributed by atoms with Crippen LogP contribution in [0.1, 0.15) is 23.6 Å². The summed E-state index contributed by atoms with van der Waals surface area (Å²) in [6.07, 6.45) is 5.52. The minimum Gasteiger partial charge on any atom is -0.333 e. The lowest BCUT2D eigenvalue weighted by molar-refractivity contribution is 0.704. The molecule has 0 radical (unpaired) electrons. The number of rotatable bonds is 7. The van der Waals surface area contributed by atoms with Crippen LogP contribution in [0.2, 0.25) is 0 Å². The molecule has 256 valence electrons. The predicted molar refractivity (Wildman–Crippen MR) is 230 cm³/mol. The molecule has 2 nitrogen and oxygen atoms in total. The fourth-order valence-corrected chi connectivity index (χ4v) is 8.40. The van der Waals surface area contributed by atoms with Crippen LogP contribution in [0.3, 0.4) is 0 Å². The van der Waals surface area contributed by atoms with Gasteiger partial charge in [-0.15, -0.1) is 0 Å². The van der Waals surface area contributed by atoms with Crippen LogP contribution in [-0.4, -0.2) is 0 Å². The summed E-state index contributed by atoms with van der Waals surface area (Å²) in [5.41, 5.74) is 10.9. The number of fused-ring (bicyclic) bond motifs is 4. The minimum atomic E-state index is 0.177. The zero-order valence-corrected chi connectivity index (χ0v) is 29.9. The van der Waals surface area contributed by atoms with E-state index in [2.05, 4.69) is 222 Å². The second kappa shape index (κ2) is 13.6. The van der Waals surface area contributed by atoms with Gasteiger partial charge in [0.25, 0.3) is 0 Å². The van der Waals surface area contributed by atoms with Crippen LogP contribution >= 0.6 is 0 Å². The molecule has 0 amide bonds. The third-order valence-electron chi connectivity index (χ3n) is 11.0. The van der Waals surface area contributed by atoms with Crippen LogP contribution in [0.25, 0.3) is 49.5 Å². The lowest BCUT2D eigenvalue weighted by atomic mass is 9.90. The Morgan fingerprint density at radius 1 is 0.370 bits per heavy atom. The van der Waals surface area contributed by atoms with Crippen molar-refractivity contribution < 1.29 is 0 Å². The standard InChI is InChI=1S/C52H38N2/c1-5-21-45-39(13-1)17-9-25-49(45)53(50-26-10-18-40-14-2-6-22-46(40)50)43-33-29-37(30-34-43)38-31-35-44(36-32-38)54(51-27-11-19-41-15-3-7-23-47(41)51)52-28-12-20-42-16-4-8-24-48(42)52/h1-27,29-36,52H,28H2. The molecule has 1 aliphatic rings. The van der Waals surface area contributed by atoms with Crippen LogP contribution in [0, 0.1) is 0 Å². The van der Waals surface area contributed by atoms with Gasteiger partial charge >= 0.3 is 0 Å². The SMILES string of the molecule is C1=Cc2ccccc2C(N(c2ccc(-c3ccc(N(c4cccc5ccccc45)c4cccc5ccccc45)cc3)cc2)c2cccc3ccccc23)C1. The normalized spacial score (nSPS) is 13.6. The fourth-order valence-electron chi connectivity index (χ4n) is 8.40. The number of hydrogen-bond acceptors (Lipinski definition) is 2. The van der Waals surface area contributed by atoms with Crippen LogP contribution in [0.15, 0.2) is 206 Å². The van der Waals surface area contributed by atoms with Gasteiger partial charge in [-0.05, 0) is 87.3 Å². The quantitative estimate of drug-likeness (QED) is 0.164. The summed E-state index contributed by atoms with van der Waals surface area (Å²) in [5, 5.41) is 7.40. The van der Waals surface area contributed by atoms with Crippen molar-refractivity contribution in [2.75, 3.05) is 9.80 Å². The number of benzene rings is 9. The highest BCUT2D eigenvalue weighted by atomic mass is 15.2. The van der Waals surface area contributed by atoms with E-state index >= 15 is 0 Å². The molecule has 9 aromatic rings. The minimum absolute atomic E-state index is 0.177. The van der Waals surface area contributed by atoms with Gasteiger partial charge in [-0.1, -0.05) is 170 Å². The van der Waals surface area contributed by atoms with Crippen molar-refractivity contribution in [3.8, 4) is 11.1 Å². The third-order valence-corrected chi connectivity index (χ3v) is 11.0. The molecule has 1 aliphatic carbocycles. The first-order valence-electron chi connectivity index (χ1n) is 18.8. The smallest absolute Gasteiger partial charge is 0.0632 e. The average Bonchev–Trinajstić information content (AvgIpc) is 3.25. The molecule has 1 unspecified atom stereocenters. The van der Waals surface area contributed by atoms with Crippen LogP contribution < -0.4 is 9.80 Å². The summed E-state index contributed by atoms with van der Waals surface area (Å²) in [4.78, 5) is 4.96. The fraction of sp³-hybridized carbons (Fsp3) is 0.0385. The van der Waals surface area contributed by atoms with Gasteiger partial charge in [0.05, 0.1) is 17.4 Å². The van der Waals surface area contributed by atoms with E-state index in [1.54, 1.807) is 0 Å². The van der Waals surface area contributed by atoms with E-state index in [1.165, 1.54) is 65.9 Å². The maximum atomic E-state index is 2.55. The lowest BCUT2D eigenvalue weighted by Crippen LogP contribution is -2.25. The molecule has 0 aromatic heterocycles. The highest BCUT2D eigenvalue weighted by molar-refractivity contribution is 6.05. The van der Waals surface area contributed by atoms with Crippen molar-refractivity contribution in [2.24, 2.45) is 0 Å². The molecule has 0 saturated heterocycles. The first-order valence-corrected chi connectivity index (χ1v) is 18.8. The molecule has 0 fully saturated rings. The average molecular weight is 691 g/mol. The summed E-state index contributed by atoms with van der Waals surface area (Å²) in [6.45, 7) is 0. The van der Waals surface area contributed by atoms with Crippen LogP contribution in [0.4, 0.5) is 28.4 Å². The maximum Gasteiger partial charge on any atom is 0.0632 e. The van der Waals surface area contributed by atoms with Gasteiger partial charge in [0, 0.05) is 33.2 Å². The Hall–Kier alpha value is -6.90. The summed E-state index contributed by atoms with van der Waals surface area (Å²) in [6, 6.07) is 73.1. The van der Waals surface area contributed by atoms with Crippen LogP contribution in [0.5, 0.6) is 0 Å². The molecule has 1 atom stereocenters. The van der Waals surface area contributed by atoms with E-state index in [-0.39, 0.29) is 6.04 Å². The largest absolute Gasteiger partial charge is 0.333 e. The van der Waals surface area contributed by atoms with Gasteiger partial charge in [-0.3, -0.25) is 0 Å². The molecule has 0 bridgehead atoms. The molecule has 9 aromatic carbocycles. The summed E-state index contributed by atoms with van der Waals surface area (Å²) < 4.78 is 0. The first-order chi connectivity index (χ1) is 26.8. The van der Waals surface area contributed by atoms with Gasteiger partial charge in [0.1, 0.15) is 0 Å². The topological polar surface area (TPSA) is 6.48 Å². The van der Waals surface area contributed by atoms with Crippen molar-refractivity contribution in [3.63, 3.8) is 0 Å².